The van der Waals surface area contributed by atoms with Crippen molar-refractivity contribution in [1.29, 1.82) is 0 Å². The van der Waals surface area contributed by atoms with Crippen molar-refractivity contribution in [3.63, 3.8) is 0 Å². The van der Waals surface area contributed by atoms with Gasteiger partial charge in [-0.2, -0.15) is 0 Å². The van der Waals surface area contributed by atoms with Crippen molar-refractivity contribution in [3.05, 3.63) is 12.2 Å². The van der Waals surface area contributed by atoms with Crippen LogP contribution in [0.3, 0.4) is 0 Å². The molecule has 0 amide bonds. The molecule has 0 aliphatic rings. The predicted octanol–water partition coefficient (Wildman–Crippen LogP) is -0.132. The molecule has 1 rings (SSSR count). The molecule has 1 atom stereocenters. The number of aromatic nitrogens is 3. The van der Waals surface area contributed by atoms with Crippen LogP contribution in [-0.2, 0) is 7.05 Å². The van der Waals surface area contributed by atoms with Gasteiger partial charge in [0, 0.05) is 7.05 Å². The monoisotopic (exact) mass is 127 g/mol. The third kappa shape index (κ3) is 1.08. The van der Waals surface area contributed by atoms with E-state index in [0.29, 0.717) is 5.82 Å². The molecule has 4 heteroatoms. The third-order valence-corrected chi connectivity index (χ3v) is 1.12. The second-order valence-electron chi connectivity index (χ2n) is 1.98. The largest absolute Gasteiger partial charge is 0.385 e. The van der Waals surface area contributed by atoms with Crippen molar-refractivity contribution in [1.82, 2.24) is 14.8 Å². The van der Waals surface area contributed by atoms with Crippen molar-refractivity contribution in [2.45, 2.75) is 13.0 Å². The summed E-state index contributed by atoms with van der Waals surface area (Å²) in [7, 11) is 1.79. The maximum absolute atomic E-state index is 8.97. The summed E-state index contributed by atoms with van der Waals surface area (Å²) in [6.45, 7) is 1.66. The fraction of sp³-hybridized carbons (Fsp3) is 0.600. The van der Waals surface area contributed by atoms with Gasteiger partial charge in [-0.25, -0.2) is 0 Å². The Morgan fingerprint density at radius 3 is 2.67 bits per heavy atom. The molecule has 0 aliphatic heterocycles. The summed E-state index contributed by atoms with van der Waals surface area (Å²) in [6.07, 6.45) is 1.03. The minimum absolute atomic E-state index is 0.530. The molecule has 1 aromatic rings. The Hall–Kier alpha value is -0.900. The van der Waals surface area contributed by atoms with E-state index >= 15 is 0 Å². The van der Waals surface area contributed by atoms with E-state index in [-0.39, 0.29) is 0 Å². The van der Waals surface area contributed by atoms with E-state index in [0.717, 1.165) is 0 Å². The molecule has 4 nitrogen and oxygen atoms in total. The molecule has 0 spiro atoms. The minimum atomic E-state index is -0.530. The molecule has 0 bridgehead atoms. The van der Waals surface area contributed by atoms with Gasteiger partial charge in [-0.15, -0.1) is 10.2 Å². The van der Waals surface area contributed by atoms with E-state index in [1.807, 2.05) is 0 Å². The van der Waals surface area contributed by atoms with Gasteiger partial charge < -0.3 is 9.67 Å². The molecule has 0 fully saturated rings. The highest BCUT2D eigenvalue weighted by Crippen LogP contribution is 2.04. The fourth-order valence-corrected chi connectivity index (χ4v) is 0.670. The Labute approximate surface area is 53.1 Å². The second-order valence-corrected chi connectivity index (χ2v) is 1.98. The Balaban J connectivity index is 2.94. The summed E-state index contributed by atoms with van der Waals surface area (Å²) in [5.74, 6) is 0.593. The molecular formula is C5H9N3O. The molecule has 0 aromatic carbocycles. The number of hydrogen-bond acceptors (Lipinski definition) is 3. The van der Waals surface area contributed by atoms with Crippen LogP contribution in [-0.4, -0.2) is 19.9 Å². The van der Waals surface area contributed by atoms with Crippen molar-refractivity contribution in [2.75, 3.05) is 0 Å². The van der Waals surface area contributed by atoms with Crippen LogP contribution in [0.5, 0.6) is 0 Å². The first-order chi connectivity index (χ1) is 4.22. The van der Waals surface area contributed by atoms with Gasteiger partial charge in [0.15, 0.2) is 5.82 Å². The van der Waals surface area contributed by atoms with E-state index < -0.39 is 6.10 Å². The number of aryl methyl sites for hydroxylation is 1. The highest BCUT2D eigenvalue weighted by atomic mass is 16.3. The average molecular weight is 127 g/mol. The first-order valence-electron chi connectivity index (χ1n) is 2.74. The third-order valence-electron chi connectivity index (χ3n) is 1.12. The second kappa shape index (κ2) is 2.14. The average Bonchev–Trinajstić information content (AvgIpc) is 2.13. The van der Waals surface area contributed by atoms with Gasteiger partial charge in [-0.1, -0.05) is 0 Å². The zero-order valence-electron chi connectivity index (χ0n) is 5.44. The van der Waals surface area contributed by atoms with Crippen molar-refractivity contribution >= 4 is 0 Å². The van der Waals surface area contributed by atoms with E-state index in [9.17, 15) is 0 Å². The summed E-state index contributed by atoms with van der Waals surface area (Å²) >= 11 is 0. The number of hydrogen-bond donors (Lipinski definition) is 1. The highest BCUT2D eigenvalue weighted by Gasteiger charge is 2.05. The van der Waals surface area contributed by atoms with Crippen molar-refractivity contribution in [3.8, 4) is 0 Å². The number of rotatable bonds is 1. The Bertz CT molecular complexity index is 194. The number of nitrogens with zero attached hydrogens (tertiary/aromatic N) is 3. The minimum Gasteiger partial charge on any atom is -0.385 e. The molecule has 0 saturated heterocycles. The van der Waals surface area contributed by atoms with E-state index in [4.69, 9.17) is 5.11 Å². The van der Waals surface area contributed by atoms with E-state index in [1.165, 1.54) is 0 Å². The van der Waals surface area contributed by atoms with Gasteiger partial charge in [-0.3, -0.25) is 0 Å². The van der Waals surface area contributed by atoms with Crippen molar-refractivity contribution in [2.24, 2.45) is 7.05 Å². The smallest absolute Gasteiger partial charge is 0.161 e. The number of aliphatic hydroxyl groups excluding tert-OH is 1. The summed E-state index contributed by atoms with van der Waals surface area (Å²) in [5.41, 5.74) is 0. The summed E-state index contributed by atoms with van der Waals surface area (Å²) in [4.78, 5) is 0. The van der Waals surface area contributed by atoms with Crippen LogP contribution in [0.25, 0.3) is 0 Å². The van der Waals surface area contributed by atoms with Crippen LogP contribution in [0.4, 0.5) is 0 Å². The number of aliphatic hydroxyl groups is 1. The zero-order valence-corrected chi connectivity index (χ0v) is 5.44. The van der Waals surface area contributed by atoms with Gasteiger partial charge in [0.2, 0.25) is 0 Å². The fourth-order valence-electron chi connectivity index (χ4n) is 0.670. The maximum atomic E-state index is 8.97. The zero-order chi connectivity index (χ0) is 6.85. The van der Waals surface area contributed by atoms with Crippen LogP contribution in [0, 0.1) is 0 Å². The highest BCUT2D eigenvalue weighted by molar-refractivity contribution is 4.86. The van der Waals surface area contributed by atoms with Crippen LogP contribution in [0.1, 0.15) is 18.9 Å². The van der Waals surface area contributed by atoms with Crippen molar-refractivity contribution < 1.29 is 5.11 Å². The lowest BCUT2D eigenvalue weighted by Gasteiger charge is -1.99. The molecule has 1 heterocycles. The molecule has 0 aliphatic carbocycles. The lowest BCUT2D eigenvalue weighted by Crippen LogP contribution is -2.00. The Morgan fingerprint density at radius 2 is 2.44 bits per heavy atom. The van der Waals surface area contributed by atoms with E-state index in [1.54, 1.807) is 24.9 Å². The predicted molar refractivity (Wildman–Crippen MR) is 31.6 cm³/mol. The van der Waals surface area contributed by atoms with Crippen LogP contribution < -0.4 is 0 Å². The van der Waals surface area contributed by atoms with Gasteiger partial charge in [0.05, 0.1) is 0 Å². The van der Waals surface area contributed by atoms with Gasteiger partial charge in [0.25, 0.3) is 0 Å². The van der Waals surface area contributed by atoms with E-state index in [2.05, 4.69) is 10.2 Å². The molecule has 1 aromatic heterocycles. The molecule has 0 unspecified atom stereocenters. The lowest BCUT2D eigenvalue weighted by molar-refractivity contribution is 0.185. The maximum Gasteiger partial charge on any atom is 0.161 e. The molecule has 1 N–H and O–H groups in total. The van der Waals surface area contributed by atoms with Gasteiger partial charge in [0.1, 0.15) is 12.4 Å². The first kappa shape index (κ1) is 6.22. The summed E-state index contributed by atoms with van der Waals surface area (Å²) in [6, 6.07) is 0. The van der Waals surface area contributed by atoms with Crippen LogP contribution >= 0.6 is 0 Å². The standard InChI is InChI=1S/C5H9N3O/c1-4(9)5-7-6-3-8(5)2/h3-4,9H,1-2H3/t4-/m0/s1. The van der Waals surface area contributed by atoms with Gasteiger partial charge in [-0.05, 0) is 6.92 Å². The Kier molecular flexibility index (Phi) is 1.48. The molecule has 9 heavy (non-hydrogen) atoms. The molecule has 0 radical (unpaired) electrons. The van der Waals surface area contributed by atoms with Crippen LogP contribution in [0.15, 0.2) is 6.33 Å². The summed E-state index contributed by atoms with van der Waals surface area (Å²) in [5, 5.41) is 16.2. The molecule has 0 saturated carbocycles. The molecule has 50 valence electrons. The van der Waals surface area contributed by atoms with Crippen LogP contribution in [0.2, 0.25) is 0 Å². The normalized spacial score (nSPS) is 13.7. The topological polar surface area (TPSA) is 50.9 Å². The SMILES string of the molecule is C[C@H](O)c1nncn1C. The first-order valence-corrected chi connectivity index (χ1v) is 2.74. The van der Waals surface area contributed by atoms with Gasteiger partial charge >= 0.3 is 0 Å². The Morgan fingerprint density at radius 1 is 1.78 bits per heavy atom. The quantitative estimate of drug-likeness (QED) is 0.571. The summed E-state index contributed by atoms with van der Waals surface area (Å²) < 4.78 is 1.69. The lowest BCUT2D eigenvalue weighted by atomic mass is 10.4. The molecular weight excluding hydrogens is 118 g/mol.